The van der Waals surface area contributed by atoms with Gasteiger partial charge < -0.3 is 10.2 Å². The van der Waals surface area contributed by atoms with Crippen LogP contribution in [0.25, 0.3) is 0 Å². The molecule has 106 valence electrons. The first-order valence-electron chi connectivity index (χ1n) is 7.36. The molecule has 0 radical (unpaired) electrons. The Hall–Kier alpha value is -1.86. The summed E-state index contributed by atoms with van der Waals surface area (Å²) in [5.41, 5.74) is 1.27. The summed E-state index contributed by atoms with van der Waals surface area (Å²) in [6.45, 7) is 4.14. The molecule has 20 heavy (non-hydrogen) atoms. The van der Waals surface area contributed by atoms with Crippen molar-refractivity contribution in [3.63, 3.8) is 0 Å². The third kappa shape index (κ3) is 3.82. The molecule has 2 rings (SSSR count). The van der Waals surface area contributed by atoms with Crippen molar-refractivity contribution in [2.45, 2.75) is 38.6 Å². The van der Waals surface area contributed by atoms with E-state index in [0.29, 0.717) is 11.3 Å². The predicted molar refractivity (Wildman–Crippen MR) is 78.4 cm³/mol. The van der Waals surface area contributed by atoms with E-state index in [1.165, 1.54) is 30.6 Å². The van der Waals surface area contributed by atoms with Gasteiger partial charge in [0.25, 0.3) is 5.91 Å². The average molecular weight is 272 g/mol. The van der Waals surface area contributed by atoms with Crippen LogP contribution >= 0.6 is 0 Å². The lowest BCUT2D eigenvalue weighted by Crippen LogP contribution is -3.16. The van der Waals surface area contributed by atoms with Crippen LogP contribution in [-0.2, 0) is 4.79 Å². The minimum Gasteiger partial charge on any atom is -0.325 e. The van der Waals surface area contributed by atoms with Gasteiger partial charge in [0, 0.05) is 5.69 Å². The Kier molecular flexibility index (Phi) is 5.14. The molecule has 1 heterocycles. The lowest BCUT2D eigenvalue weighted by Gasteiger charge is -2.23. The number of hydrogen-bond acceptors (Lipinski definition) is 2. The maximum absolute atomic E-state index is 12.3. The maximum atomic E-state index is 12.3. The maximum Gasteiger partial charge on any atom is 0.282 e. The average Bonchev–Trinajstić information content (AvgIpc) is 2.75. The standard InChI is InChI=1S/C16H21N3O/c1-13(19-9-4-2-3-5-10-19)16(20)18-15-8-6-7-14(11-15)12-17/h6-8,11,13H,2-5,9-10H2,1H3,(H,18,20)/p+1/t13-/m1/s1. The number of quaternary nitrogens is 1. The van der Waals surface area contributed by atoms with E-state index in [-0.39, 0.29) is 11.9 Å². The fraction of sp³-hybridized carbons (Fsp3) is 0.500. The third-order valence-corrected chi connectivity index (χ3v) is 4.01. The first-order chi connectivity index (χ1) is 9.70. The lowest BCUT2D eigenvalue weighted by molar-refractivity contribution is -0.913. The van der Waals surface area contributed by atoms with Gasteiger partial charge in [0.1, 0.15) is 0 Å². The van der Waals surface area contributed by atoms with Gasteiger partial charge in [-0.25, -0.2) is 0 Å². The molecule has 1 aromatic carbocycles. The van der Waals surface area contributed by atoms with E-state index in [1.807, 2.05) is 13.0 Å². The molecule has 4 nitrogen and oxygen atoms in total. The number of hydrogen-bond donors (Lipinski definition) is 2. The number of nitrogens with zero attached hydrogens (tertiary/aromatic N) is 1. The topological polar surface area (TPSA) is 57.3 Å². The summed E-state index contributed by atoms with van der Waals surface area (Å²) < 4.78 is 0. The monoisotopic (exact) mass is 272 g/mol. The number of likely N-dealkylation sites (tertiary alicyclic amines) is 1. The van der Waals surface area contributed by atoms with E-state index in [2.05, 4.69) is 11.4 Å². The summed E-state index contributed by atoms with van der Waals surface area (Å²) in [4.78, 5) is 13.7. The van der Waals surface area contributed by atoms with Crippen LogP contribution in [0.3, 0.4) is 0 Å². The zero-order chi connectivity index (χ0) is 14.4. The van der Waals surface area contributed by atoms with Crippen molar-refractivity contribution in [2.75, 3.05) is 18.4 Å². The molecule has 0 aromatic heterocycles. The van der Waals surface area contributed by atoms with Crippen molar-refractivity contribution in [1.82, 2.24) is 0 Å². The van der Waals surface area contributed by atoms with Gasteiger partial charge in [-0.15, -0.1) is 0 Å². The van der Waals surface area contributed by atoms with Crippen LogP contribution < -0.4 is 10.2 Å². The Morgan fingerprint density at radius 1 is 1.30 bits per heavy atom. The first kappa shape index (κ1) is 14.5. The molecule has 1 aliphatic rings. The summed E-state index contributed by atoms with van der Waals surface area (Å²) in [7, 11) is 0. The molecule has 1 saturated heterocycles. The van der Waals surface area contributed by atoms with Crippen LogP contribution in [-0.4, -0.2) is 25.0 Å². The quantitative estimate of drug-likeness (QED) is 0.872. The zero-order valence-electron chi connectivity index (χ0n) is 12.0. The number of carbonyl (C=O) groups is 1. The fourth-order valence-corrected chi connectivity index (χ4v) is 2.72. The van der Waals surface area contributed by atoms with Crippen molar-refractivity contribution >= 4 is 11.6 Å². The number of benzene rings is 1. The molecule has 1 amide bonds. The summed E-state index contributed by atoms with van der Waals surface area (Å²) in [6, 6.07) is 9.10. The van der Waals surface area contributed by atoms with Gasteiger partial charge in [0.2, 0.25) is 0 Å². The molecule has 4 heteroatoms. The highest BCUT2D eigenvalue weighted by Crippen LogP contribution is 2.10. The van der Waals surface area contributed by atoms with Crippen LogP contribution in [0.15, 0.2) is 24.3 Å². The molecule has 0 unspecified atom stereocenters. The first-order valence-corrected chi connectivity index (χ1v) is 7.36. The van der Waals surface area contributed by atoms with Crippen LogP contribution in [0.5, 0.6) is 0 Å². The van der Waals surface area contributed by atoms with Crippen LogP contribution in [0.1, 0.15) is 38.2 Å². The van der Waals surface area contributed by atoms with E-state index >= 15 is 0 Å². The van der Waals surface area contributed by atoms with E-state index < -0.39 is 0 Å². The molecule has 1 aliphatic heterocycles. The molecule has 1 aromatic rings. The number of anilines is 1. The van der Waals surface area contributed by atoms with Crippen LogP contribution in [0.4, 0.5) is 5.69 Å². The SMILES string of the molecule is C[C@H](C(=O)Nc1cccc(C#N)c1)[NH+]1CCCCCC1. The predicted octanol–water partition coefficient (Wildman–Crippen LogP) is 1.34. The summed E-state index contributed by atoms with van der Waals surface area (Å²) in [6.07, 6.45) is 4.97. The Morgan fingerprint density at radius 2 is 2.00 bits per heavy atom. The highest BCUT2D eigenvalue weighted by atomic mass is 16.2. The Labute approximate surface area is 120 Å². The molecule has 0 aliphatic carbocycles. The molecule has 2 N–H and O–H groups in total. The second-order valence-corrected chi connectivity index (χ2v) is 5.48. The van der Waals surface area contributed by atoms with E-state index in [9.17, 15) is 4.79 Å². The molecule has 0 saturated carbocycles. The number of amides is 1. The fourth-order valence-electron chi connectivity index (χ4n) is 2.72. The molecule has 0 spiro atoms. The third-order valence-electron chi connectivity index (χ3n) is 4.01. The van der Waals surface area contributed by atoms with Gasteiger partial charge in [0.05, 0.1) is 24.7 Å². The van der Waals surface area contributed by atoms with Crippen molar-refractivity contribution < 1.29 is 9.69 Å². The van der Waals surface area contributed by atoms with Crippen LogP contribution in [0.2, 0.25) is 0 Å². The molecular formula is C16H22N3O+. The highest BCUT2D eigenvalue weighted by Gasteiger charge is 2.25. The smallest absolute Gasteiger partial charge is 0.282 e. The number of nitriles is 1. The number of carbonyl (C=O) groups excluding carboxylic acids is 1. The molecule has 1 fully saturated rings. The van der Waals surface area contributed by atoms with Gasteiger partial charge >= 0.3 is 0 Å². The highest BCUT2D eigenvalue weighted by molar-refractivity contribution is 5.93. The second kappa shape index (κ2) is 7.06. The van der Waals surface area contributed by atoms with Gasteiger partial charge in [-0.3, -0.25) is 4.79 Å². The summed E-state index contributed by atoms with van der Waals surface area (Å²) in [5, 5.41) is 11.8. The minimum atomic E-state index is -0.0427. The largest absolute Gasteiger partial charge is 0.325 e. The van der Waals surface area contributed by atoms with Crippen molar-refractivity contribution in [2.24, 2.45) is 0 Å². The summed E-state index contributed by atoms with van der Waals surface area (Å²) in [5.74, 6) is 0.0389. The summed E-state index contributed by atoms with van der Waals surface area (Å²) >= 11 is 0. The number of rotatable bonds is 3. The van der Waals surface area contributed by atoms with Gasteiger partial charge in [-0.2, -0.15) is 5.26 Å². The zero-order valence-corrected chi connectivity index (χ0v) is 12.0. The lowest BCUT2D eigenvalue weighted by atomic mass is 10.2. The van der Waals surface area contributed by atoms with Crippen molar-refractivity contribution in [3.8, 4) is 6.07 Å². The number of nitrogens with one attached hydrogen (secondary N) is 2. The Morgan fingerprint density at radius 3 is 2.65 bits per heavy atom. The molecular weight excluding hydrogens is 250 g/mol. The Balaban J connectivity index is 1.97. The van der Waals surface area contributed by atoms with E-state index in [1.54, 1.807) is 18.2 Å². The normalized spacial score (nSPS) is 17.8. The second-order valence-electron chi connectivity index (χ2n) is 5.48. The van der Waals surface area contributed by atoms with Crippen LogP contribution in [0, 0.1) is 11.3 Å². The van der Waals surface area contributed by atoms with Gasteiger partial charge in [-0.1, -0.05) is 6.07 Å². The van der Waals surface area contributed by atoms with E-state index in [4.69, 9.17) is 5.26 Å². The van der Waals surface area contributed by atoms with E-state index in [0.717, 1.165) is 13.1 Å². The van der Waals surface area contributed by atoms with Gasteiger partial charge in [0.15, 0.2) is 6.04 Å². The molecule has 1 atom stereocenters. The minimum absolute atomic E-state index is 0.0389. The van der Waals surface area contributed by atoms with Gasteiger partial charge in [-0.05, 0) is 50.8 Å². The Bertz CT molecular complexity index is 499. The molecule has 0 bridgehead atoms. The van der Waals surface area contributed by atoms with Crippen molar-refractivity contribution in [1.29, 1.82) is 5.26 Å². The van der Waals surface area contributed by atoms with Crippen molar-refractivity contribution in [3.05, 3.63) is 29.8 Å².